The minimum Gasteiger partial charge on any atom is -0.352 e. The molecule has 122 valence electrons. The van der Waals surface area contributed by atoms with Crippen LogP contribution in [0.25, 0.3) is 0 Å². The summed E-state index contributed by atoms with van der Waals surface area (Å²) in [6.45, 7) is 8.19. The first-order valence-electron chi connectivity index (χ1n) is 8.98. The minimum atomic E-state index is 0.235. The van der Waals surface area contributed by atoms with Crippen LogP contribution in [0.2, 0.25) is 0 Å². The van der Waals surface area contributed by atoms with E-state index in [1.165, 1.54) is 44.9 Å². The normalized spacial score (nSPS) is 28.5. The summed E-state index contributed by atoms with van der Waals surface area (Å²) in [7, 11) is 0. The van der Waals surface area contributed by atoms with Crippen molar-refractivity contribution >= 4 is 5.91 Å². The number of likely N-dealkylation sites (tertiary alicyclic amines) is 1. The van der Waals surface area contributed by atoms with Gasteiger partial charge in [0.05, 0.1) is 6.54 Å². The number of hydrogen-bond donors (Lipinski definition) is 2. The van der Waals surface area contributed by atoms with E-state index in [4.69, 9.17) is 0 Å². The zero-order valence-corrected chi connectivity index (χ0v) is 13.9. The van der Waals surface area contributed by atoms with Crippen LogP contribution >= 0.6 is 0 Å². The molecule has 0 radical (unpaired) electrons. The van der Waals surface area contributed by atoms with Crippen LogP contribution in [0.1, 0.15) is 58.8 Å². The summed E-state index contributed by atoms with van der Waals surface area (Å²) >= 11 is 0. The summed E-state index contributed by atoms with van der Waals surface area (Å²) in [4.78, 5) is 14.6. The van der Waals surface area contributed by atoms with Crippen molar-refractivity contribution in [3.05, 3.63) is 0 Å². The number of amides is 1. The lowest BCUT2D eigenvalue weighted by atomic mass is 9.90. The Morgan fingerprint density at radius 1 is 1.14 bits per heavy atom. The van der Waals surface area contributed by atoms with Gasteiger partial charge in [-0.1, -0.05) is 39.5 Å². The van der Waals surface area contributed by atoms with Crippen molar-refractivity contribution in [2.45, 2.75) is 70.9 Å². The summed E-state index contributed by atoms with van der Waals surface area (Å²) in [5.41, 5.74) is 0. The average molecular weight is 295 g/mol. The van der Waals surface area contributed by atoms with Gasteiger partial charge in [-0.05, 0) is 31.7 Å². The highest BCUT2D eigenvalue weighted by Crippen LogP contribution is 2.20. The van der Waals surface area contributed by atoms with Gasteiger partial charge in [-0.15, -0.1) is 0 Å². The van der Waals surface area contributed by atoms with Gasteiger partial charge in [0.2, 0.25) is 5.91 Å². The molecule has 4 heteroatoms. The Balaban J connectivity index is 1.73. The largest absolute Gasteiger partial charge is 0.352 e. The van der Waals surface area contributed by atoms with E-state index in [0.717, 1.165) is 19.6 Å². The molecule has 0 aromatic heterocycles. The monoisotopic (exact) mass is 295 g/mol. The van der Waals surface area contributed by atoms with Crippen molar-refractivity contribution < 1.29 is 4.79 Å². The fourth-order valence-electron chi connectivity index (χ4n) is 3.92. The van der Waals surface area contributed by atoms with E-state index >= 15 is 0 Å². The van der Waals surface area contributed by atoms with Crippen LogP contribution in [-0.2, 0) is 4.79 Å². The fourth-order valence-corrected chi connectivity index (χ4v) is 3.92. The molecule has 1 amide bonds. The molecule has 21 heavy (non-hydrogen) atoms. The van der Waals surface area contributed by atoms with Gasteiger partial charge in [0.25, 0.3) is 0 Å². The second-order valence-electron chi connectivity index (χ2n) is 6.76. The summed E-state index contributed by atoms with van der Waals surface area (Å²) in [5.74, 6) is 0.917. The summed E-state index contributed by atoms with van der Waals surface area (Å²) in [6.07, 6.45) is 8.59. The predicted molar refractivity (Wildman–Crippen MR) is 87.3 cm³/mol. The van der Waals surface area contributed by atoms with E-state index in [2.05, 4.69) is 29.4 Å². The molecule has 1 heterocycles. The Labute approximate surface area is 130 Å². The molecule has 2 fully saturated rings. The maximum atomic E-state index is 12.2. The van der Waals surface area contributed by atoms with Gasteiger partial charge >= 0.3 is 0 Å². The van der Waals surface area contributed by atoms with E-state index in [1.807, 2.05) is 0 Å². The second-order valence-corrected chi connectivity index (χ2v) is 6.76. The van der Waals surface area contributed by atoms with Gasteiger partial charge in [-0.25, -0.2) is 0 Å². The molecule has 0 aromatic rings. The molecular weight excluding hydrogens is 262 g/mol. The highest BCUT2D eigenvalue weighted by Gasteiger charge is 2.28. The molecule has 2 atom stereocenters. The predicted octanol–water partition coefficient (Wildman–Crippen LogP) is 2.15. The minimum absolute atomic E-state index is 0.235. The molecule has 0 bridgehead atoms. The Bertz CT molecular complexity index is 315. The first kappa shape index (κ1) is 16.8. The standard InChI is InChI=1S/C17H33N3O/c1-3-14-12-20(11-10-16(14)18-4-2)13-17(21)19-15-8-6-5-7-9-15/h14-16,18H,3-13H2,1-2H3,(H,19,21). The molecule has 0 aromatic carbocycles. The van der Waals surface area contributed by atoms with Crippen LogP contribution in [0.15, 0.2) is 0 Å². The smallest absolute Gasteiger partial charge is 0.234 e. The van der Waals surface area contributed by atoms with E-state index in [9.17, 15) is 4.79 Å². The van der Waals surface area contributed by atoms with Crippen molar-refractivity contribution in [3.8, 4) is 0 Å². The molecule has 2 unspecified atom stereocenters. The molecule has 1 aliphatic carbocycles. The van der Waals surface area contributed by atoms with Crippen molar-refractivity contribution in [3.63, 3.8) is 0 Å². The Kier molecular flexibility index (Phi) is 6.97. The second kappa shape index (κ2) is 8.74. The van der Waals surface area contributed by atoms with Crippen LogP contribution in [0.3, 0.4) is 0 Å². The SMILES string of the molecule is CCNC1CCN(CC(=O)NC2CCCCC2)CC1CC. The molecule has 1 saturated heterocycles. The van der Waals surface area contributed by atoms with Crippen LogP contribution < -0.4 is 10.6 Å². The topological polar surface area (TPSA) is 44.4 Å². The lowest BCUT2D eigenvalue weighted by Crippen LogP contribution is -2.52. The highest BCUT2D eigenvalue weighted by molar-refractivity contribution is 5.78. The lowest BCUT2D eigenvalue weighted by Gasteiger charge is -2.38. The van der Waals surface area contributed by atoms with Crippen LogP contribution in [0, 0.1) is 5.92 Å². The van der Waals surface area contributed by atoms with E-state index in [0.29, 0.717) is 24.5 Å². The zero-order valence-electron chi connectivity index (χ0n) is 13.9. The number of carbonyl (C=O) groups is 1. The van der Waals surface area contributed by atoms with Gasteiger partial charge in [0, 0.05) is 25.2 Å². The summed E-state index contributed by atoms with van der Waals surface area (Å²) in [6, 6.07) is 1.07. The number of nitrogens with one attached hydrogen (secondary N) is 2. The average Bonchev–Trinajstić information content (AvgIpc) is 2.50. The third-order valence-electron chi connectivity index (χ3n) is 5.15. The van der Waals surface area contributed by atoms with Crippen molar-refractivity contribution in [1.82, 2.24) is 15.5 Å². The van der Waals surface area contributed by atoms with Crippen LogP contribution in [0.4, 0.5) is 0 Å². The molecule has 1 aliphatic heterocycles. The Hall–Kier alpha value is -0.610. The molecule has 4 nitrogen and oxygen atoms in total. The van der Waals surface area contributed by atoms with Gasteiger partial charge in [0.1, 0.15) is 0 Å². The highest BCUT2D eigenvalue weighted by atomic mass is 16.2. The first-order valence-corrected chi connectivity index (χ1v) is 8.98. The van der Waals surface area contributed by atoms with Gasteiger partial charge in [-0.2, -0.15) is 0 Å². The van der Waals surface area contributed by atoms with Gasteiger partial charge in [-0.3, -0.25) is 9.69 Å². The number of piperidine rings is 1. The molecular formula is C17H33N3O. The summed E-state index contributed by atoms with van der Waals surface area (Å²) in [5, 5.41) is 6.84. The van der Waals surface area contributed by atoms with E-state index < -0.39 is 0 Å². The Morgan fingerprint density at radius 3 is 2.57 bits per heavy atom. The van der Waals surface area contributed by atoms with Crippen molar-refractivity contribution in [2.75, 3.05) is 26.2 Å². The molecule has 2 rings (SSSR count). The third kappa shape index (κ3) is 5.26. The quantitative estimate of drug-likeness (QED) is 0.789. The van der Waals surface area contributed by atoms with E-state index in [1.54, 1.807) is 0 Å². The van der Waals surface area contributed by atoms with Crippen molar-refractivity contribution in [2.24, 2.45) is 5.92 Å². The number of hydrogen-bond acceptors (Lipinski definition) is 3. The maximum Gasteiger partial charge on any atom is 0.234 e. The number of rotatable bonds is 6. The van der Waals surface area contributed by atoms with Crippen LogP contribution in [0.5, 0.6) is 0 Å². The Morgan fingerprint density at radius 2 is 1.90 bits per heavy atom. The lowest BCUT2D eigenvalue weighted by molar-refractivity contribution is -0.123. The van der Waals surface area contributed by atoms with E-state index in [-0.39, 0.29) is 5.91 Å². The zero-order chi connectivity index (χ0) is 15.1. The first-order chi connectivity index (χ1) is 10.2. The molecule has 0 spiro atoms. The maximum absolute atomic E-state index is 12.2. The molecule has 2 aliphatic rings. The number of nitrogens with zero attached hydrogens (tertiary/aromatic N) is 1. The number of carbonyl (C=O) groups excluding carboxylic acids is 1. The summed E-state index contributed by atoms with van der Waals surface area (Å²) < 4.78 is 0. The van der Waals surface area contributed by atoms with Crippen LogP contribution in [-0.4, -0.2) is 49.1 Å². The molecule has 2 N–H and O–H groups in total. The molecule has 1 saturated carbocycles. The fraction of sp³-hybridized carbons (Fsp3) is 0.941. The van der Waals surface area contributed by atoms with Crippen molar-refractivity contribution in [1.29, 1.82) is 0 Å². The third-order valence-corrected chi connectivity index (χ3v) is 5.15. The van der Waals surface area contributed by atoms with Gasteiger partial charge in [0.15, 0.2) is 0 Å². The van der Waals surface area contributed by atoms with Gasteiger partial charge < -0.3 is 10.6 Å².